The van der Waals surface area contributed by atoms with Crippen molar-refractivity contribution in [3.8, 4) is 5.69 Å². The van der Waals surface area contributed by atoms with Gasteiger partial charge < -0.3 is 5.32 Å². The number of carbonyl (C=O) groups excluding carboxylic acids is 2. The van der Waals surface area contributed by atoms with Gasteiger partial charge in [-0.25, -0.2) is 9.48 Å². The minimum absolute atomic E-state index is 0.359. The summed E-state index contributed by atoms with van der Waals surface area (Å²) in [6, 6.07) is 8.88. The predicted octanol–water partition coefficient (Wildman–Crippen LogP) is 2.89. The van der Waals surface area contributed by atoms with Crippen molar-refractivity contribution in [1.29, 1.82) is 0 Å². The molecule has 0 spiro atoms. The van der Waals surface area contributed by atoms with Crippen LogP contribution < -0.4 is 5.32 Å². The van der Waals surface area contributed by atoms with Gasteiger partial charge in [-0.2, -0.15) is 10.2 Å². The zero-order valence-corrected chi connectivity index (χ0v) is 14.9. The van der Waals surface area contributed by atoms with Crippen LogP contribution in [0, 0.1) is 6.92 Å². The summed E-state index contributed by atoms with van der Waals surface area (Å²) in [7, 11) is 0. The first kappa shape index (κ1) is 17.2. The van der Waals surface area contributed by atoms with Crippen molar-refractivity contribution < 1.29 is 9.59 Å². The van der Waals surface area contributed by atoms with E-state index in [9.17, 15) is 9.59 Å². The molecular weight excluding hydrogens is 342 g/mol. The van der Waals surface area contributed by atoms with Crippen LogP contribution in [-0.2, 0) is 4.79 Å². The fourth-order valence-electron chi connectivity index (χ4n) is 2.53. The molecule has 0 saturated carbocycles. The van der Waals surface area contributed by atoms with Gasteiger partial charge in [0, 0.05) is 0 Å². The molecule has 130 valence electrons. The number of urea groups is 1. The lowest BCUT2D eigenvalue weighted by Crippen LogP contribution is -2.42. The molecular formula is C17H18ClN5O2. The van der Waals surface area contributed by atoms with Crippen LogP contribution in [0.3, 0.4) is 0 Å². The van der Waals surface area contributed by atoms with Crippen molar-refractivity contribution >= 4 is 29.8 Å². The molecule has 1 N–H and O–H groups in total. The van der Waals surface area contributed by atoms with Crippen molar-refractivity contribution in [1.82, 2.24) is 20.1 Å². The van der Waals surface area contributed by atoms with Crippen LogP contribution >= 0.6 is 11.6 Å². The molecule has 0 aliphatic carbocycles. The monoisotopic (exact) mass is 359 g/mol. The molecule has 1 saturated heterocycles. The maximum absolute atomic E-state index is 12.4. The number of nitrogens with zero attached hydrogens (tertiary/aromatic N) is 4. The van der Waals surface area contributed by atoms with Crippen LogP contribution in [0.5, 0.6) is 0 Å². The Morgan fingerprint density at radius 3 is 2.60 bits per heavy atom. The second-order valence-corrected chi connectivity index (χ2v) is 6.37. The Labute approximate surface area is 150 Å². The topological polar surface area (TPSA) is 79.6 Å². The molecule has 3 amide bonds. The van der Waals surface area contributed by atoms with Crippen molar-refractivity contribution in [2.75, 3.05) is 0 Å². The highest BCUT2D eigenvalue weighted by atomic mass is 35.5. The second kappa shape index (κ2) is 6.33. The molecule has 2 aromatic rings. The smallest absolute Gasteiger partial charge is 0.322 e. The Kier molecular flexibility index (Phi) is 4.34. The lowest BCUT2D eigenvalue weighted by atomic mass is 10.00. The van der Waals surface area contributed by atoms with Crippen molar-refractivity contribution in [2.24, 2.45) is 5.10 Å². The Hall–Kier alpha value is -2.67. The van der Waals surface area contributed by atoms with E-state index >= 15 is 0 Å². The lowest BCUT2D eigenvalue weighted by Gasteiger charge is -2.17. The Morgan fingerprint density at radius 2 is 2.00 bits per heavy atom. The number of hydrogen-bond donors (Lipinski definition) is 1. The van der Waals surface area contributed by atoms with Crippen LogP contribution in [0.1, 0.15) is 31.5 Å². The van der Waals surface area contributed by atoms with E-state index < -0.39 is 11.6 Å². The Morgan fingerprint density at radius 1 is 1.32 bits per heavy atom. The average Bonchev–Trinajstić information content (AvgIpc) is 3.01. The van der Waals surface area contributed by atoms with Gasteiger partial charge >= 0.3 is 6.03 Å². The van der Waals surface area contributed by atoms with Gasteiger partial charge in [0.2, 0.25) is 0 Å². The standard InChI is InChI=1S/C17H18ClN5O2/c1-4-17(3)15(24)23(16(25)20-17)19-10-13-11(2)21-22(14(13)18)12-8-6-5-7-9-12/h5-10H,4H2,1-3H3,(H,20,25)/b19-10+. The summed E-state index contributed by atoms with van der Waals surface area (Å²) in [6.45, 7) is 5.29. The molecule has 1 aromatic carbocycles. The molecule has 1 fully saturated rings. The highest BCUT2D eigenvalue weighted by Crippen LogP contribution is 2.24. The molecule has 0 radical (unpaired) electrons. The number of hydrogen-bond acceptors (Lipinski definition) is 4. The summed E-state index contributed by atoms with van der Waals surface area (Å²) in [6.07, 6.45) is 1.87. The molecule has 2 heterocycles. The van der Waals surface area contributed by atoms with E-state index in [2.05, 4.69) is 15.5 Å². The number of aryl methyl sites for hydroxylation is 1. The van der Waals surface area contributed by atoms with Crippen molar-refractivity contribution in [3.63, 3.8) is 0 Å². The fourth-order valence-corrected chi connectivity index (χ4v) is 2.85. The third-order valence-corrected chi connectivity index (χ3v) is 4.66. The quantitative estimate of drug-likeness (QED) is 0.673. The average molecular weight is 360 g/mol. The number of hydrazone groups is 1. The third-order valence-electron chi connectivity index (χ3n) is 4.30. The predicted molar refractivity (Wildman–Crippen MR) is 95.0 cm³/mol. The first-order chi connectivity index (χ1) is 11.9. The Bertz CT molecular complexity index is 861. The summed E-state index contributed by atoms with van der Waals surface area (Å²) in [5, 5.41) is 12.3. The molecule has 1 atom stereocenters. The number of carbonyl (C=O) groups is 2. The maximum atomic E-state index is 12.4. The van der Waals surface area contributed by atoms with E-state index in [-0.39, 0.29) is 5.91 Å². The summed E-state index contributed by atoms with van der Waals surface area (Å²) < 4.78 is 1.58. The van der Waals surface area contributed by atoms with Gasteiger partial charge in [-0.1, -0.05) is 36.7 Å². The summed E-state index contributed by atoms with van der Waals surface area (Å²) >= 11 is 6.41. The number of aromatic nitrogens is 2. The first-order valence-electron chi connectivity index (χ1n) is 7.88. The van der Waals surface area contributed by atoms with Gasteiger partial charge in [0.1, 0.15) is 10.7 Å². The molecule has 1 aliphatic rings. The van der Waals surface area contributed by atoms with Crippen LogP contribution in [-0.4, -0.2) is 38.5 Å². The number of amides is 3. The summed E-state index contributed by atoms with van der Waals surface area (Å²) in [5.74, 6) is -0.388. The maximum Gasteiger partial charge on any atom is 0.346 e. The van der Waals surface area contributed by atoms with E-state index in [0.717, 1.165) is 10.7 Å². The van der Waals surface area contributed by atoms with Crippen LogP contribution in [0.25, 0.3) is 5.69 Å². The second-order valence-electron chi connectivity index (χ2n) is 6.01. The van der Waals surface area contributed by atoms with Crippen LogP contribution in [0.2, 0.25) is 5.15 Å². The number of nitrogens with one attached hydrogen (secondary N) is 1. The number of para-hydroxylation sites is 1. The zero-order valence-electron chi connectivity index (χ0n) is 14.2. The van der Waals surface area contributed by atoms with Gasteiger partial charge in [0.05, 0.1) is 23.2 Å². The van der Waals surface area contributed by atoms with Crippen molar-refractivity contribution in [3.05, 3.63) is 46.7 Å². The van der Waals surface area contributed by atoms with Gasteiger partial charge in [-0.05, 0) is 32.4 Å². The Balaban J connectivity index is 1.92. The number of imide groups is 1. The normalized spacial score (nSPS) is 20.6. The molecule has 8 heteroatoms. The van der Waals surface area contributed by atoms with Crippen molar-refractivity contribution in [2.45, 2.75) is 32.7 Å². The number of halogens is 1. The number of benzene rings is 1. The minimum Gasteiger partial charge on any atom is -0.322 e. The van der Waals surface area contributed by atoms with Gasteiger partial charge in [-0.15, -0.1) is 5.01 Å². The van der Waals surface area contributed by atoms with Gasteiger partial charge in [0.25, 0.3) is 5.91 Å². The molecule has 25 heavy (non-hydrogen) atoms. The molecule has 3 rings (SSSR count). The van der Waals surface area contributed by atoms with E-state index in [4.69, 9.17) is 11.6 Å². The van der Waals surface area contributed by atoms with E-state index in [1.807, 2.05) is 37.3 Å². The van der Waals surface area contributed by atoms with Crippen LogP contribution in [0.4, 0.5) is 4.79 Å². The molecule has 1 aromatic heterocycles. The van der Waals surface area contributed by atoms with E-state index in [1.165, 1.54) is 6.21 Å². The summed E-state index contributed by atoms with van der Waals surface area (Å²) in [4.78, 5) is 24.4. The van der Waals surface area contributed by atoms with Gasteiger partial charge in [0.15, 0.2) is 0 Å². The lowest BCUT2D eigenvalue weighted by molar-refractivity contribution is -0.130. The highest BCUT2D eigenvalue weighted by Gasteiger charge is 2.46. The molecule has 0 bridgehead atoms. The first-order valence-corrected chi connectivity index (χ1v) is 8.26. The molecule has 1 aliphatic heterocycles. The largest absolute Gasteiger partial charge is 0.346 e. The van der Waals surface area contributed by atoms with E-state index in [0.29, 0.717) is 22.8 Å². The highest BCUT2D eigenvalue weighted by molar-refractivity contribution is 6.32. The molecule has 1 unspecified atom stereocenters. The summed E-state index contributed by atoms with van der Waals surface area (Å²) in [5.41, 5.74) is 1.07. The van der Waals surface area contributed by atoms with Crippen LogP contribution in [0.15, 0.2) is 35.4 Å². The fraction of sp³-hybridized carbons (Fsp3) is 0.294. The number of rotatable bonds is 4. The van der Waals surface area contributed by atoms with E-state index in [1.54, 1.807) is 18.5 Å². The zero-order chi connectivity index (χ0) is 18.2. The SMILES string of the molecule is CCC1(C)NC(=O)N(/N=C/c2c(C)nn(-c3ccccc3)c2Cl)C1=O. The third kappa shape index (κ3) is 2.91. The van der Waals surface area contributed by atoms with Gasteiger partial charge in [-0.3, -0.25) is 4.79 Å². The molecule has 7 nitrogen and oxygen atoms in total. The minimum atomic E-state index is -0.929.